The molecular formula is C20H38BrO3PSi. The fourth-order valence-corrected chi connectivity index (χ4v) is 5.42. The first-order valence-electron chi connectivity index (χ1n) is 9.49. The van der Waals surface area contributed by atoms with Gasteiger partial charge in [-0.1, -0.05) is 32.1 Å². The van der Waals surface area contributed by atoms with Crippen molar-refractivity contribution in [2.24, 2.45) is 0 Å². The Labute approximate surface area is 173 Å². The normalized spacial score (nSPS) is 11.9. The lowest BCUT2D eigenvalue weighted by Crippen LogP contribution is -3.00. The molecule has 0 aromatic heterocycles. The van der Waals surface area contributed by atoms with Crippen molar-refractivity contribution in [1.29, 1.82) is 0 Å². The van der Waals surface area contributed by atoms with Gasteiger partial charge in [0.05, 0.1) is 26.6 Å². The second-order valence-corrected chi connectivity index (χ2v) is 17.3. The monoisotopic (exact) mass is 464 g/mol. The Morgan fingerprint density at radius 3 is 2.12 bits per heavy atom. The molecule has 1 rings (SSSR count). The van der Waals surface area contributed by atoms with E-state index < -0.39 is 15.6 Å². The van der Waals surface area contributed by atoms with Gasteiger partial charge >= 0.3 is 0 Å². The molecule has 0 radical (unpaired) electrons. The molecule has 152 valence electrons. The molecule has 0 aliphatic carbocycles. The summed E-state index contributed by atoms with van der Waals surface area (Å²) < 4.78 is 11.6. The highest BCUT2D eigenvalue weighted by Gasteiger charge is 2.26. The average molecular weight is 465 g/mol. The van der Waals surface area contributed by atoms with Gasteiger partial charge in [-0.15, -0.1) is 0 Å². The minimum Gasteiger partial charge on any atom is -1.00 e. The Hall–Kier alpha value is -0.0931. The van der Waals surface area contributed by atoms with Crippen LogP contribution in [-0.4, -0.2) is 47.1 Å². The van der Waals surface area contributed by atoms with Gasteiger partial charge in [0.1, 0.15) is 11.1 Å². The maximum absolute atomic E-state index is 9.74. The molecule has 0 amide bonds. The number of rotatable bonds is 12. The first kappa shape index (κ1) is 25.9. The van der Waals surface area contributed by atoms with E-state index in [1.54, 1.807) is 6.07 Å². The summed E-state index contributed by atoms with van der Waals surface area (Å²) in [5, 5.41) is 10.9. The van der Waals surface area contributed by atoms with E-state index in [0.29, 0.717) is 5.75 Å². The van der Waals surface area contributed by atoms with Gasteiger partial charge in [-0.05, 0) is 37.7 Å². The summed E-state index contributed by atoms with van der Waals surface area (Å²) in [5.74, 6) is 1.28. The van der Waals surface area contributed by atoms with Crippen LogP contribution in [0.3, 0.4) is 0 Å². The van der Waals surface area contributed by atoms with E-state index in [9.17, 15) is 5.11 Å². The van der Waals surface area contributed by atoms with Gasteiger partial charge in [-0.25, -0.2) is 0 Å². The molecule has 0 saturated heterocycles. The van der Waals surface area contributed by atoms with E-state index in [1.165, 1.54) is 43.5 Å². The van der Waals surface area contributed by atoms with Gasteiger partial charge in [-0.2, -0.15) is 0 Å². The molecule has 0 heterocycles. The van der Waals surface area contributed by atoms with Gasteiger partial charge in [0.25, 0.3) is 0 Å². The number of ether oxygens (including phenoxy) is 1. The van der Waals surface area contributed by atoms with Crippen molar-refractivity contribution in [3.63, 3.8) is 0 Å². The van der Waals surface area contributed by atoms with Gasteiger partial charge in [0.2, 0.25) is 0 Å². The van der Waals surface area contributed by atoms with Crippen molar-refractivity contribution in [2.45, 2.75) is 57.7 Å². The third-order valence-corrected chi connectivity index (χ3v) is 9.11. The fourth-order valence-electron chi connectivity index (χ4n) is 2.80. The largest absolute Gasteiger partial charge is 1.00 e. The van der Waals surface area contributed by atoms with Crippen LogP contribution in [0.15, 0.2) is 18.2 Å². The Kier molecular flexibility index (Phi) is 12.3. The number of unbranched alkanes of at least 4 members (excludes halogenated alkanes) is 5. The Morgan fingerprint density at radius 1 is 0.962 bits per heavy atom. The molecule has 0 aliphatic heterocycles. The van der Waals surface area contributed by atoms with E-state index in [0.717, 1.165) is 18.8 Å². The number of hydrogen-bond donors (Lipinski definition) is 1. The smallest absolute Gasteiger partial charge is 0.186 e. The van der Waals surface area contributed by atoms with Crippen molar-refractivity contribution in [3.8, 4) is 11.5 Å². The molecule has 1 aromatic carbocycles. The lowest BCUT2D eigenvalue weighted by molar-refractivity contribution is -0.00000789. The summed E-state index contributed by atoms with van der Waals surface area (Å²) in [4.78, 5) is 0. The zero-order chi connectivity index (χ0) is 18.9. The minimum atomic E-state index is -1.36. The lowest BCUT2D eigenvalue weighted by atomic mass is 10.1. The summed E-state index contributed by atoms with van der Waals surface area (Å²) in [6.07, 6.45) is 7.54. The highest BCUT2D eigenvalue weighted by molar-refractivity contribution is 7.81. The standard InChI is InChI=1S/C20H37O3PSi.BrH/c1-22-25(5,6)16-12-10-8-7-9-11-15-23-19-14-13-18(21)17-20(19)24(2,3)4;/h13-14,17H,7-12,15-16H2,1-6H3;1H. The first-order valence-corrected chi connectivity index (χ1v) is 15.7. The summed E-state index contributed by atoms with van der Waals surface area (Å²) in [6.45, 7) is 12.1. The van der Waals surface area contributed by atoms with Crippen molar-refractivity contribution >= 4 is 20.9 Å². The second-order valence-electron chi connectivity index (χ2n) is 8.35. The molecular weight excluding hydrogens is 427 g/mol. The van der Waals surface area contributed by atoms with Gasteiger partial charge in [0.15, 0.2) is 14.1 Å². The molecule has 6 heteroatoms. The van der Waals surface area contributed by atoms with Crippen LogP contribution < -0.4 is 27.0 Å². The predicted octanol–water partition coefficient (Wildman–Crippen LogP) is 2.50. The van der Waals surface area contributed by atoms with E-state index in [1.807, 2.05) is 19.2 Å². The Balaban J connectivity index is 0.00000625. The average Bonchev–Trinajstić information content (AvgIpc) is 2.53. The van der Waals surface area contributed by atoms with E-state index in [-0.39, 0.29) is 17.0 Å². The summed E-state index contributed by atoms with van der Waals surface area (Å²) >= 11 is 0. The SMILES string of the molecule is CO[Si](C)(C)CCCCCCCCOc1ccc(O)cc1[P+](C)(C)C.[Br-]. The molecule has 3 nitrogen and oxygen atoms in total. The Morgan fingerprint density at radius 2 is 1.54 bits per heavy atom. The number of phenolic OH excluding ortho intramolecular Hbond substituents is 1. The first-order chi connectivity index (χ1) is 11.7. The maximum Gasteiger partial charge on any atom is 0.186 e. The molecule has 0 atom stereocenters. The third kappa shape index (κ3) is 10.3. The van der Waals surface area contributed by atoms with Gasteiger partial charge in [-0.3, -0.25) is 0 Å². The number of aromatic hydroxyl groups is 1. The van der Waals surface area contributed by atoms with Crippen molar-refractivity contribution in [3.05, 3.63) is 18.2 Å². The van der Waals surface area contributed by atoms with Crippen LogP contribution in [0.2, 0.25) is 19.1 Å². The molecule has 0 unspecified atom stereocenters. The van der Waals surface area contributed by atoms with Crippen molar-refractivity contribution in [1.82, 2.24) is 0 Å². The summed E-state index contributed by atoms with van der Waals surface area (Å²) in [5.41, 5.74) is 0. The second kappa shape index (κ2) is 12.4. The zero-order valence-electron chi connectivity index (χ0n) is 17.5. The van der Waals surface area contributed by atoms with Crippen LogP contribution >= 0.6 is 7.26 Å². The maximum atomic E-state index is 9.74. The molecule has 1 N–H and O–H groups in total. The summed E-state index contributed by atoms with van der Waals surface area (Å²) in [7, 11) is -0.717. The molecule has 0 saturated carbocycles. The molecule has 0 spiro atoms. The van der Waals surface area contributed by atoms with Crippen LogP contribution in [0, 0.1) is 0 Å². The molecule has 1 aromatic rings. The lowest BCUT2D eigenvalue weighted by Gasteiger charge is -2.19. The van der Waals surface area contributed by atoms with E-state index in [2.05, 4.69) is 33.1 Å². The number of phenols is 1. The third-order valence-electron chi connectivity index (χ3n) is 4.65. The fraction of sp³-hybridized carbons (Fsp3) is 0.700. The topological polar surface area (TPSA) is 38.7 Å². The molecule has 0 fully saturated rings. The number of halogens is 1. The van der Waals surface area contributed by atoms with Crippen molar-refractivity contribution < 1.29 is 31.3 Å². The number of benzene rings is 1. The van der Waals surface area contributed by atoms with E-state index >= 15 is 0 Å². The highest BCUT2D eigenvalue weighted by Crippen LogP contribution is 2.48. The quantitative estimate of drug-likeness (QED) is 0.293. The Bertz CT molecular complexity index is 518. The van der Waals surface area contributed by atoms with Crippen LogP contribution in [0.1, 0.15) is 38.5 Å². The van der Waals surface area contributed by atoms with E-state index in [4.69, 9.17) is 9.16 Å². The van der Waals surface area contributed by atoms with Crippen LogP contribution in [0.25, 0.3) is 0 Å². The van der Waals surface area contributed by atoms with Crippen LogP contribution in [0.5, 0.6) is 11.5 Å². The minimum absolute atomic E-state index is 0. The highest BCUT2D eigenvalue weighted by atomic mass is 79.9. The zero-order valence-corrected chi connectivity index (χ0v) is 21.0. The van der Waals surface area contributed by atoms with Crippen molar-refractivity contribution in [2.75, 3.05) is 33.7 Å². The van der Waals surface area contributed by atoms with Gasteiger partial charge < -0.3 is 31.3 Å². The molecule has 0 aliphatic rings. The number of hydrogen-bond acceptors (Lipinski definition) is 3. The molecule has 0 bridgehead atoms. The van der Waals surface area contributed by atoms with Crippen LogP contribution in [-0.2, 0) is 4.43 Å². The predicted molar refractivity (Wildman–Crippen MR) is 115 cm³/mol. The molecule has 26 heavy (non-hydrogen) atoms. The van der Waals surface area contributed by atoms with Crippen LogP contribution in [0.4, 0.5) is 0 Å². The summed E-state index contributed by atoms with van der Waals surface area (Å²) in [6, 6.07) is 6.77. The van der Waals surface area contributed by atoms with Gasteiger partial charge in [0, 0.05) is 20.4 Å².